The van der Waals surface area contributed by atoms with Crippen LogP contribution in [0.3, 0.4) is 0 Å². The summed E-state index contributed by atoms with van der Waals surface area (Å²) in [6, 6.07) is 2.46. The van der Waals surface area contributed by atoms with Crippen LogP contribution in [-0.2, 0) is 6.42 Å². The molecule has 1 saturated carbocycles. The van der Waals surface area contributed by atoms with Crippen molar-refractivity contribution in [2.75, 3.05) is 0 Å². The van der Waals surface area contributed by atoms with Gasteiger partial charge in [-0.15, -0.1) is 0 Å². The maximum absolute atomic E-state index is 2.73. The highest BCUT2D eigenvalue weighted by Gasteiger charge is 2.58. The van der Waals surface area contributed by atoms with Crippen molar-refractivity contribution >= 4 is 0 Å². The second kappa shape index (κ2) is 8.32. The molecule has 32 heavy (non-hydrogen) atoms. The van der Waals surface area contributed by atoms with E-state index in [1.807, 2.05) is 13.8 Å². The monoisotopic (exact) mass is 436 g/mol. The molecule has 0 bridgehead atoms. The first-order valence-corrected chi connectivity index (χ1v) is 13.5. The van der Waals surface area contributed by atoms with Gasteiger partial charge in [-0.1, -0.05) is 87.0 Å². The molecule has 0 aliphatic heterocycles. The van der Waals surface area contributed by atoms with Crippen LogP contribution in [0.2, 0.25) is 0 Å². The zero-order valence-electron chi connectivity index (χ0n) is 23.7. The van der Waals surface area contributed by atoms with E-state index < -0.39 is 0 Å². The van der Waals surface area contributed by atoms with Gasteiger partial charge in [0.15, 0.2) is 0 Å². The Kier molecular flexibility index (Phi) is 6.65. The van der Waals surface area contributed by atoms with E-state index in [0.717, 1.165) is 11.8 Å². The number of fused-ring (bicyclic) bond motifs is 2. The third kappa shape index (κ3) is 3.92. The first-order valence-electron chi connectivity index (χ1n) is 13.5. The molecule has 4 rings (SSSR count). The lowest BCUT2D eigenvalue weighted by Gasteiger charge is -2.50. The summed E-state index contributed by atoms with van der Waals surface area (Å²) in [5.74, 6) is 3.46. The van der Waals surface area contributed by atoms with Crippen LogP contribution in [-0.4, -0.2) is 0 Å². The molecule has 0 heterocycles. The Balaban J connectivity index is 0.00000141. The lowest BCUT2D eigenvalue weighted by molar-refractivity contribution is 0.139. The van der Waals surface area contributed by atoms with Gasteiger partial charge in [0.2, 0.25) is 0 Å². The molecule has 1 fully saturated rings. The Labute approximate surface area is 200 Å². The van der Waals surface area contributed by atoms with Crippen LogP contribution in [0, 0.1) is 60.7 Å². The van der Waals surface area contributed by atoms with E-state index in [9.17, 15) is 0 Å². The van der Waals surface area contributed by atoms with Crippen LogP contribution in [0.5, 0.6) is 0 Å². The summed E-state index contributed by atoms with van der Waals surface area (Å²) in [6.45, 7) is 31.3. The summed E-state index contributed by atoms with van der Waals surface area (Å²) in [5, 5.41) is 0. The van der Waals surface area contributed by atoms with E-state index in [-0.39, 0.29) is 0 Å². The molecular formula is C32H52. The van der Waals surface area contributed by atoms with Gasteiger partial charge in [-0.05, 0) is 108 Å². The molecule has 1 aromatic carbocycles. The van der Waals surface area contributed by atoms with Crippen molar-refractivity contribution in [1.29, 1.82) is 0 Å². The minimum Gasteiger partial charge on any atom is -0.0811 e. The standard InChI is InChI=1S/C30H46.C2H6/c1-17-12-18(2)23-14-24-27(30(10,11)16-29(24,8)9)26(25(23)21(17)5)22-13-20(4)28(6,7)15-19(22)3;1-2/h12-13,19-20,24,26-27H,14-16H2,1-11H3;1-2H3. The minimum atomic E-state index is 0.386. The third-order valence-corrected chi connectivity index (χ3v) is 10.0. The molecule has 3 aliphatic rings. The molecule has 0 aromatic heterocycles. The summed E-state index contributed by atoms with van der Waals surface area (Å²) in [5.41, 5.74) is 11.0. The lowest BCUT2D eigenvalue weighted by Crippen LogP contribution is -2.40. The smallest absolute Gasteiger partial charge is 0.00928 e. The quantitative estimate of drug-likeness (QED) is 0.384. The van der Waals surface area contributed by atoms with Crippen molar-refractivity contribution in [3.05, 3.63) is 45.5 Å². The highest BCUT2D eigenvalue weighted by molar-refractivity contribution is 5.53. The van der Waals surface area contributed by atoms with Crippen molar-refractivity contribution in [2.45, 2.75) is 115 Å². The molecule has 0 nitrogen and oxygen atoms in total. The van der Waals surface area contributed by atoms with E-state index in [2.05, 4.69) is 88.3 Å². The summed E-state index contributed by atoms with van der Waals surface area (Å²) in [6.07, 6.45) is 6.67. The van der Waals surface area contributed by atoms with Gasteiger partial charge in [0.1, 0.15) is 0 Å². The molecule has 0 spiro atoms. The first kappa shape index (κ1) is 25.6. The van der Waals surface area contributed by atoms with Crippen LogP contribution in [0.15, 0.2) is 17.7 Å². The molecule has 0 N–H and O–H groups in total. The average Bonchev–Trinajstić information content (AvgIpc) is 2.87. The molecule has 0 amide bonds. The van der Waals surface area contributed by atoms with Gasteiger partial charge in [0.25, 0.3) is 0 Å². The highest BCUT2D eigenvalue weighted by atomic mass is 14.6. The topological polar surface area (TPSA) is 0 Å². The van der Waals surface area contributed by atoms with Gasteiger partial charge >= 0.3 is 0 Å². The van der Waals surface area contributed by atoms with Gasteiger partial charge in [-0.25, -0.2) is 0 Å². The molecular weight excluding hydrogens is 384 g/mol. The van der Waals surface area contributed by atoms with Crippen molar-refractivity contribution in [2.24, 2.45) is 39.9 Å². The zero-order valence-corrected chi connectivity index (χ0v) is 23.7. The fraction of sp³-hybridized carbons (Fsp3) is 0.750. The molecule has 5 atom stereocenters. The Bertz CT molecular complexity index is 891. The largest absolute Gasteiger partial charge is 0.0811 e. The number of hydrogen-bond acceptors (Lipinski definition) is 0. The van der Waals surface area contributed by atoms with Crippen LogP contribution in [0.1, 0.15) is 116 Å². The molecule has 0 heteroatoms. The normalized spacial score (nSPS) is 34.0. The summed E-state index contributed by atoms with van der Waals surface area (Å²) in [7, 11) is 0. The minimum absolute atomic E-state index is 0.386. The van der Waals surface area contributed by atoms with E-state index in [1.54, 1.807) is 22.3 Å². The van der Waals surface area contributed by atoms with Crippen molar-refractivity contribution < 1.29 is 0 Å². The van der Waals surface area contributed by atoms with Gasteiger partial charge < -0.3 is 0 Å². The molecule has 180 valence electrons. The Morgan fingerprint density at radius 3 is 2.00 bits per heavy atom. The van der Waals surface area contributed by atoms with Gasteiger partial charge in [-0.2, -0.15) is 0 Å². The molecule has 0 saturated heterocycles. The number of benzene rings is 1. The fourth-order valence-electron chi connectivity index (χ4n) is 8.36. The van der Waals surface area contributed by atoms with E-state index in [0.29, 0.717) is 34.0 Å². The number of rotatable bonds is 1. The number of allylic oxidation sites excluding steroid dienone is 2. The van der Waals surface area contributed by atoms with Crippen LogP contribution < -0.4 is 0 Å². The maximum Gasteiger partial charge on any atom is 0.00928 e. The average molecular weight is 437 g/mol. The summed E-state index contributed by atoms with van der Waals surface area (Å²) < 4.78 is 0. The predicted octanol–water partition coefficient (Wildman–Crippen LogP) is 9.59. The number of aryl methyl sites for hydroxylation is 2. The SMILES string of the molecule is CC.Cc1cc(C)c2c(c1C)C(C1=CC(C)C(C)(C)CC1C)C1C(C2)C(C)(C)CC1(C)C. The van der Waals surface area contributed by atoms with E-state index >= 15 is 0 Å². The lowest BCUT2D eigenvalue weighted by atomic mass is 9.54. The van der Waals surface area contributed by atoms with Crippen LogP contribution >= 0.6 is 0 Å². The first-order chi connectivity index (χ1) is 14.7. The summed E-state index contributed by atoms with van der Waals surface area (Å²) in [4.78, 5) is 0. The zero-order chi connectivity index (χ0) is 24.4. The van der Waals surface area contributed by atoms with Gasteiger partial charge in [0.05, 0.1) is 0 Å². The van der Waals surface area contributed by atoms with E-state index in [1.165, 1.54) is 30.4 Å². The van der Waals surface area contributed by atoms with Crippen LogP contribution in [0.4, 0.5) is 0 Å². The van der Waals surface area contributed by atoms with E-state index in [4.69, 9.17) is 0 Å². The Morgan fingerprint density at radius 1 is 0.812 bits per heavy atom. The molecule has 5 unspecified atom stereocenters. The van der Waals surface area contributed by atoms with Crippen LogP contribution in [0.25, 0.3) is 0 Å². The fourth-order valence-corrected chi connectivity index (χ4v) is 8.36. The second-order valence-electron chi connectivity index (χ2n) is 13.5. The second-order valence-corrected chi connectivity index (χ2v) is 13.5. The third-order valence-electron chi connectivity index (χ3n) is 10.0. The van der Waals surface area contributed by atoms with Crippen molar-refractivity contribution in [3.63, 3.8) is 0 Å². The predicted molar refractivity (Wildman–Crippen MR) is 142 cm³/mol. The number of hydrogen-bond donors (Lipinski definition) is 0. The van der Waals surface area contributed by atoms with Gasteiger partial charge in [-0.3, -0.25) is 0 Å². The Hall–Kier alpha value is -1.04. The summed E-state index contributed by atoms with van der Waals surface area (Å²) >= 11 is 0. The Morgan fingerprint density at radius 2 is 1.41 bits per heavy atom. The molecule has 1 aromatic rings. The van der Waals surface area contributed by atoms with Gasteiger partial charge in [0, 0.05) is 5.92 Å². The molecule has 0 radical (unpaired) electrons. The van der Waals surface area contributed by atoms with Crippen molar-refractivity contribution in [1.82, 2.24) is 0 Å². The molecule has 3 aliphatic carbocycles. The maximum atomic E-state index is 2.73. The highest BCUT2D eigenvalue weighted by Crippen LogP contribution is 2.67. The van der Waals surface area contributed by atoms with Crippen molar-refractivity contribution in [3.8, 4) is 0 Å².